The van der Waals surface area contributed by atoms with Crippen LogP contribution in [0.25, 0.3) is 0 Å². The van der Waals surface area contributed by atoms with Gasteiger partial charge in [0.25, 0.3) is 0 Å². The molecule has 0 aromatic heterocycles. The average molecular weight is 559 g/mol. The van der Waals surface area contributed by atoms with Gasteiger partial charge in [0.15, 0.2) is 5.76 Å². The van der Waals surface area contributed by atoms with Crippen molar-refractivity contribution >= 4 is 17.7 Å². The number of aliphatic hydroxyl groups is 2. The van der Waals surface area contributed by atoms with Crippen LogP contribution in [0.2, 0.25) is 0 Å². The molecule has 1 aliphatic carbocycles. The fourth-order valence-corrected chi connectivity index (χ4v) is 8.51. The number of rotatable bonds is 5. The third-order valence-corrected chi connectivity index (χ3v) is 10.3. The number of hydrogen-bond donors (Lipinski definition) is 2. The van der Waals surface area contributed by atoms with Gasteiger partial charge < -0.3 is 33.9 Å². The first-order valence-electron chi connectivity index (χ1n) is 14.1. The third kappa shape index (κ3) is 3.72. The second-order valence-corrected chi connectivity index (χ2v) is 13.0. The Morgan fingerprint density at radius 3 is 2.65 bits per heavy atom. The molecule has 2 N–H and O–H groups in total. The number of ether oxygens (including phenoxy) is 5. The normalized spacial score (nSPS) is 45.7. The minimum absolute atomic E-state index is 0.0140. The van der Waals surface area contributed by atoms with E-state index >= 15 is 0 Å². The van der Waals surface area contributed by atoms with Crippen molar-refractivity contribution in [1.29, 1.82) is 0 Å². The molecule has 8 atom stereocenters. The molecule has 0 unspecified atom stereocenters. The van der Waals surface area contributed by atoms with Gasteiger partial charge in [0.05, 0.1) is 25.7 Å². The van der Waals surface area contributed by atoms with E-state index in [9.17, 15) is 24.6 Å². The summed E-state index contributed by atoms with van der Waals surface area (Å²) in [4.78, 5) is 38.4. The summed E-state index contributed by atoms with van der Waals surface area (Å²) in [5, 5.41) is 22.3. The number of hydrogen-bond acceptors (Lipinski definition) is 10. The Balaban J connectivity index is 1.37. The molecule has 5 heterocycles. The van der Waals surface area contributed by atoms with Crippen LogP contribution in [0.5, 0.6) is 0 Å². The molecule has 40 heavy (non-hydrogen) atoms. The van der Waals surface area contributed by atoms with Crippen LogP contribution >= 0.6 is 0 Å². The molecule has 1 saturated carbocycles. The van der Waals surface area contributed by atoms with Gasteiger partial charge in [-0.1, -0.05) is 13.8 Å². The van der Waals surface area contributed by atoms with Crippen LogP contribution in [0.15, 0.2) is 34.8 Å². The van der Waals surface area contributed by atoms with Gasteiger partial charge in [0.1, 0.15) is 28.8 Å². The highest BCUT2D eigenvalue weighted by Crippen LogP contribution is 2.65. The molecule has 0 radical (unpaired) electrons. The molecule has 2 spiro atoms. The van der Waals surface area contributed by atoms with Crippen molar-refractivity contribution in [1.82, 2.24) is 0 Å². The van der Waals surface area contributed by atoms with Gasteiger partial charge in [-0.3, -0.25) is 9.59 Å². The number of Topliss-reactive ketones (excluding diaryl/α,β-unsaturated/α-hetero) is 1. The molecule has 0 amide bonds. The summed E-state index contributed by atoms with van der Waals surface area (Å²) in [7, 11) is 1.49. The lowest BCUT2D eigenvalue weighted by atomic mass is 9.67. The van der Waals surface area contributed by atoms with Gasteiger partial charge >= 0.3 is 11.9 Å². The van der Waals surface area contributed by atoms with E-state index in [0.29, 0.717) is 42.8 Å². The Labute approximate surface area is 233 Å². The number of esters is 2. The highest BCUT2D eigenvalue weighted by atomic mass is 16.7. The lowest BCUT2D eigenvalue weighted by Crippen LogP contribution is -2.51. The van der Waals surface area contributed by atoms with Crippen molar-refractivity contribution in [3.8, 4) is 0 Å². The number of fused-ring (bicyclic) bond motifs is 1. The number of aliphatic hydroxyl groups excluding tert-OH is 1. The van der Waals surface area contributed by atoms with Gasteiger partial charge in [0.2, 0.25) is 5.79 Å². The Hall–Kier alpha value is -2.53. The summed E-state index contributed by atoms with van der Waals surface area (Å²) in [6.45, 7) is 6.87. The van der Waals surface area contributed by atoms with Gasteiger partial charge in [-0.15, -0.1) is 0 Å². The standard InChI is InChI=1S/C30H38O10/c1-16(10-18-11-17(2)25(34)37-18)23(33)26(3)8-9-28-14-29-20(27(4,15-31)38-21(29)12-22(32)39-29)7-6-19(28)24(36-5)30(35,13-26)40-28/h10-11,16,20-21,31,35H,6-9,12-15H2,1-5H3/b18-10-/t16-,20+,21-,26+,27+,28+,29-,30-/m1/s1. The van der Waals surface area contributed by atoms with Gasteiger partial charge in [-0.25, -0.2) is 4.79 Å². The highest BCUT2D eigenvalue weighted by Gasteiger charge is 2.73. The summed E-state index contributed by atoms with van der Waals surface area (Å²) in [6.07, 6.45) is 4.88. The zero-order valence-corrected chi connectivity index (χ0v) is 23.7. The zero-order valence-electron chi connectivity index (χ0n) is 23.7. The Kier molecular flexibility index (Phi) is 6.03. The number of cyclic esters (lactones) is 1. The van der Waals surface area contributed by atoms with Crippen LogP contribution in [0.1, 0.15) is 72.6 Å². The molecule has 10 nitrogen and oxygen atoms in total. The smallest absolute Gasteiger partial charge is 0.339 e. The third-order valence-electron chi connectivity index (χ3n) is 10.3. The first kappa shape index (κ1) is 27.6. The lowest BCUT2D eigenvalue weighted by molar-refractivity contribution is -0.241. The number of ketones is 1. The van der Waals surface area contributed by atoms with Crippen LogP contribution in [-0.4, -0.2) is 70.3 Å². The molecular weight excluding hydrogens is 520 g/mol. The maximum atomic E-state index is 13.9. The summed E-state index contributed by atoms with van der Waals surface area (Å²) < 4.78 is 30.1. The lowest BCUT2D eigenvalue weighted by Gasteiger charge is -2.40. The Morgan fingerprint density at radius 1 is 1.25 bits per heavy atom. The quantitative estimate of drug-likeness (QED) is 0.485. The van der Waals surface area contributed by atoms with Crippen LogP contribution in [0.4, 0.5) is 0 Å². The van der Waals surface area contributed by atoms with E-state index < -0.39 is 46.0 Å². The van der Waals surface area contributed by atoms with Crippen LogP contribution in [-0.2, 0) is 38.1 Å². The van der Waals surface area contributed by atoms with Crippen molar-refractivity contribution in [3.05, 3.63) is 34.8 Å². The SMILES string of the molecule is COC1=C2CC[C@@H]3[C@@]4(C[C@@]25CC[C@](C)(C(=O)[C@H](C)/C=C2/C=C(C)C(=O)O2)C[C@@]1(O)O5)OC(=O)C[C@H]4O[C@@]3(C)CO. The van der Waals surface area contributed by atoms with Crippen molar-refractivity contribution in [2.24, 2.45) is 17.3 Å². The largest absolute Gasteiger partial charge is 0.495 e. The molecule has 218 valence electrons. The van der Waals surface area contributed by atoms with E-state index in [4.69, 9.17) is 23.7 Å². The van der Waals surface area contributed by atoms with Gasteiger partial charge in [-0.2, -0.15) is 0 Å². The monoisotopic (exact) mass is 558 g/mol. The van der Waals surface area contributed by atoms with E-state index in [-0.39, 0.29) is 43.5 Å². The molecule has 10 heteroatoms. The second kappa shape index (κ2) is 8.74. The van der Waals surface area contributed by atoms with Crippen molar-refractivity contribution in [2.75, 3.05) is 13.7 Å². The zero-order chi connectivity index (χ0) is 28.9. The molecule has 5 aliphatic heterocycles. The summed E-state index contributed by atoms with van der Waals surface area (Å²) in [5.74, 6) is -2.97. The van der Waals surface area contributed by atoms with E-state index in [0.717, 1.165) is 5.57 Å². The Bertz CT molecular complexity index is 1280. The Morgan fingerprint density at radius 2 is 2.00 bits per heavy atom. The summed E-state index contributed by atoms with van der Waals surface area (Å²) in [6, 6.07) is 0. The maximum Gasteiger partial charge on any atom is 0.339 e. The highest BCUT2D eigenvalue weighted by molar-refractivity contribution is 5.93. The van der Waals surface area contributed by atoms with Gasteiger partial charge in [0, 0.05) is 41.2 Å². The fourth-order valence-electron chi connectivity index (χ4n) is 8.51. The van der Waals surface area contributed by atoms with Gasteiger partial charge in [-0.05, 0) is 51.7 Å². The van der Waals surface area contributed by atoms with Crippen LogP contribution < -0.4 is 0 Å². The average Bonchev–Trinajstić information content (AvgIpc) is 3.43. The second-order valence-electron chi connectivity index (χ2n) is 13.0. The summed E-state index contributed by atoms with van der Waals surface area (Å²) >= 11 is 0. The van der Waals surface area contributed by atoms with E-state index in [2.05, 4.69) is 0 Å². The molecule has 3 saturated heterocycles. The molecule has 6 rings (SSSR count). The van der Waals surface area contributed by atoms with E-state index in [1.54, 1.807) is 26.0 Å². The summed E-state index contributed by atoms with van der Waals surface area (Å²) in [5.41, 5.74) is -2.65. The predicted octanol–water partition coefficient (Wildman–Crippen LogP) is 2.76. The number of methoxy groups -OCH3 is 1. The van der Waals surface area contributed by atoms with Crippen LogP contribution in [0.3, 0.4) is 0 Å². The molecule has 0 aromatic carbocycles. The molecule has 6 aliphatic rings. The molecular formula is C30H38O10. The van der Waals surface area contributed by atoms with E-state index in [1.807, 2.05) is 13.8 Å². The minimum atomic E-state index is -1.85. The number of carbonyl (C=O) groups excluding carboxylic acids is 3. The molecule has 4 fully saturated rings. The topological polar surface area (TPSA) is 138 Å². The van der Waals surface area contributed by atoms with E-state index in [1.165, 1.54) is 7.11 Å². The number of allylic oxidation sites excluding steroid dienone is 2. The predicted molar refractivity (Wildman–Crippen MR) is 138 cm³/mol. The van der Waals surface area contributed by atoms with Crippen molar-refractivity contribution < 1.29 is 48.3 Å². The van der Waals surface area contributed by atoms with Crippen LogP contribution in [0, 0.1) is 17.3 Å². The first-order chi connectivity index (χ1) is 18.7. The molecule has 0 aromatic rings. The minimum Gasteiger partial charge on any atom is -0.495 e. The fraction of sp³-hybridized carbons (Fsp3) is 0.700. The van der Waals surface area contributed by atoms with Crippen molar-refractivity contribution in [3.63, 3.8) is 0 Å². The first-order valence-corrected chi connectivity index (χ1v) is 14.1. The molecule has 2 bridgehead atoms. The van der Waals surface area contributed by atoms with Crippen molar-refractivity contribution in [2.45, 2.75) is 101 Å². The number of carbonyl (C=O) groups is 3. The maximum absolute atomic E-state index is 13.9.